The second kappa shape index (κ2) is 7.19. The zero-order valence-corrected chi connectivity index (χ0v) is 8.90. The highest BCUT2D eigenvalue weighted by Crippen LogP contribution is 1.93. The van der Waals surface area contributed by atoms with Crippen molar-refractivity contribution < 1.29 is 24.5 Å². The van der Waals surface area contributed by atoms with E-state index in [0.717, 1.165) is 6.42 Å². The highest BCUT2D eigenvalue weighted by molar-refractivity contribution is 5.84. The number of aliphatic carboxylic acids is 1. The number of aliphatic hydroxyl groups is 1. The van der Waals surface area contributed by atoms with Crippen molar-refractivity contribution in [1.82, 2.24) is 5.32 Å². The Morgan fingerprint density at radius 1 is 1.47 bits per heavy atom. The van der Waals surface area contributed by atoms with Gasteiger partial charge in [0.2, 0.25) is 5.91 Å². The number of rotatable bonds is 7. The number of carbonyl (C=O) groups excluding carboxylic acids is 1. The predicted molar refractivity (Wildman–Crippen MR) is 52.4 cm³/mol. The van der Waals surface area contributed by atoms with Crippen LogP contribution in [0.4, 0.5) is 0 Å². The minimum absolute atomic E-state index is 0.190. The van der Waals surface area contributed by atoms with E-state index >= 15 is 0 Å². The van der Waals surface area contributed by atoms with Gasteiger partial charge < -0.3 is 20.3 Å². The van der Waals surface area contributed by atoms with Crippen LogP contribution in [-0.4, -0.2) is 47.4 Å². The molecule has 0 aromatic rings. The number of hydrogen-bond acceptors (Lipinski definition) is 4. The Hall–Kier alpha value is -1.14. The Balaban J connectivity index is 3.95. The molecule has 0 spiro atoms. The first-order valence-corrected chi connectivity index (χ1v) is 4.77. The van der Waals surface area contributed by atoms with Gasteiger partial charge in [0.1, 0.15) is 6.61 Å². The van der Waals surface area contributed by atoms with Gasteiger partial charge in [-0.25, -0.2) is 4.79 Å². The molecule has 0 rings (SSSR count). The van der Waals surface area contributed by atoms with Crippen LogP contribution in [0.5, 0.6) is 0 Å². The molecule has 3 N–H and O–H groups in total. The van der Waals surface area contributed by atoms with Crippen LogP contribution in [-0.2, 0) is 14.3 Å². The van der Waals surface area contributed by atoms with E-state index in [2.05, 4.69) is 5.32 Å². The topological polar surface area (TPSA) is 95.9 Å². The zero-order valence-electron chi connectivity index (χ0n) is 8.90. The molecule has 6 nitrogen and oxygen atoms in total. The summed E-state index contributed by atoms with van der Waals surface area (Å²) in [6.45, 7) is 3.45. The Kier molecular flexibility index (Phi) is 6.64. The molecule has 0 saturated carbocycles. The minimum Gasteiger partial charge on any atom is -0.480 e. The van der Waals surface area contributed by atoms with Crippen LogP contribution >= 0.6 is 0 Å². The molecule has 88 valence electrons. The van der Waals surface area contributed by atoms with E-state index in [9.17, 15) is 9.59 Å². The quantitative estimate of drug-likeness (QED) is 0.495. The second-order valence-electron chi connectivity index (χ2n) is 3.18. The third-order valence-electron chi connectivity index (χ3n) is 1.65. The fourth-order valence-corrected chi connectivity index (χ4v) is 0.913. The fourth-order valence-electron chi connectivity index (χ4n) is 0.913. The molecule has 0 saturated heterocycles. The van der Waals surface area contributed by atoms with Gasteiger partial charge in [0.05, 0.1) is 6.10 Å². The summed E-state index contributed by atoms with van der Waals surface area (Å²) in [6.07, 6.45) is -0.357. The third kappa shape index (κ3) is 6.03. The van der Waals surface area contributed by atoms with E-state index in [1.54, 1.807) is 0 Å². The molecule has 0 radical (unpaired) electrons. The Bertz CT molecular complexity index is 217. The molecular weight excluding hydrogens is 202 g/mol. The monoisotopic (exact) mass is 219 g/mol. The molecule has 0 aliphatic rings. The summed E-state index contributed by atoms with van der Waals surface area (Å²) in [5, 5.41) is 19.9. The van der Waals surface area contributed by atoms with Crippen molar-refractivity contribution in [2.45, 2.75) is 32.4 Å². The summed E-state index contributed by atoms with van der Waals surface area (Å²) >= 11 is 0. The summed E-state index contributed by atoms with van der Waals surface area (Å²) in [7, 11) is 0. The van der Waals surface area contributed by atoms with Gasteiger partial charge in [-0.2, -0.15) is 0 Å². The van der Waals surface area contributed by atoms with Crippen molar-refractivity contribution in [2.75, 3.05) is 13.2 Å². The standard InChI is InChI=1S/C9H17NO5/c1-3-4-15-5-7(12)10-8(6(2)11)9(13)14/h6,8,11H,3-5H2,1-2H3,(H,10,12)(H,13,14)/t6-,8+/m1/s1. The van der Waals surface area contributed by atoms with Crippen LogP contribution in [0.15, 0.2) is 0 Å². The number of carbonyl (C=O) groups is 2. The first-order chi connectivity index (χ1) is 6.99. The molecule has 0 aromatic carbocycles. The Morgan fingerprint density at radius 3 is 2.47 bits per heavy atom. The smallest absolute Gasteiger partial charge is 0.328 e. The predicted octanol–water partition coefficient (Wildman–Crippen LogP) is -0.637. The van der Waals surface area contributed by atoms with Crippen LogP contribution in [0.1, 0.15) is 20.3 Å². The lowest BCUT2D eigenvalue weighted by atomic mass is 10.2. The van der Waals surface area contributed by atoms with Crippen LogP contribution < -0.4 is 5.32 Å². The van der Waals surface area contributed by atoms with Gasteiger partial charge in [0.25, 0.3) is 0 Å². The van der Waals surface area contributed by atoms with E-state index in [1.807, 2.05) is 6.92 Å². The highest BCUT2D eigenvalue weighted by atomic mass is 16.5. The van der Waals surface area contributed by atoms with Gasteiger partial charge in [-0.05, 0) is 13.3 Å². The number of ether oxygens (including phenoxy) is 1. The average molecular weight is 219 g/mol. The second-order valence-corrected chi connectivity index (χ2v) is 3.18. The maximum absolute atomic E-state index is 11.1. The molecule has 6 heteroatoms. The first-order valence-electron chi connectivity index (χ1n) is 4.77. The summed E-state index contributed by atoms with van der Waals surface area (Å²) in [5.74, 6) is -1.81. The largest absolute Gasteiger partial charge is 0.480 e. The lowest BCUT2D eigenvalue weighted by Gasteiger charge is -2.16. The van der Waals surface area contributed by atoms with Crippen LogP contribution in [0.25, 0.3) is 0 Å². The number of carboxylic acids is 1. The molecule has 0 aromatic heterocycles. The summed E-state index contributed by atoms with van der Waals surface area (Å²) in [4.78, 5) is 21.7. The number of hydrogen-bond donors (Lipinski definition) is 3. The van der Waals surface area contributed by atoms with E-state index in [0.29, 0.717) is 6.61 Å². The minimum atomic E-state index is -1.29. The lowest BCUT2D eigenvalue weighted by molar-refractivity contribution is -0.145. The van der Waals surface area contributed by atoms with Gasteiger partial charge in [-0.1, -0.05) is 6.92 Å². The average Bonchev–Trinajstić information content (AvgIpc) is 2.13. The highest BCUT2D eigenvalue weighted by Gasteiger charge is 2.24. The van der Waals surface area contributed by atoms with Crippen LogP contribution in [0.3, 0.4) is 0 Å². The summed E-state index contributed by atoms with van der Waals surface area (Å²) in [5.41, 5.74) is 0. The van der Waals surface area contributed by atoms with Crippen molar-refractivity contribution in [1.29, 1.82) is 0 Å². The number of aliphatic hydroxyl groups excluding tert-OH is 1. The molecule has 2 atom stereocenters. The Morgan fingerprint density at radius 2 is 2.07 bits per heavy atom. The van der Waals surface area contributed by atoms with Crippen molar-refractivity contribution in [3.8, 4) is 0 Å². The molecule has 0 heterocycles. The van der Waals surface area contributed by atoms with Gasteiger partial charge >= 0.3 is 5.97 Å². The van der Waals surface area contributed by atoms with Gasteiger partial charge in [0.15, 0.2) is 6.04 Å². The normalized spacial score (nSPS) is 14.3. The molecule has 0 aliphatic heterocycles. The van der Waals surface area contributed by atoms with Gasteiger partial charge in [-0.15, -0.1) is 0 Å². The molecule has 15 heavy (non-hydrogen) atoms. The number of nitrogens with one attached hydrogen (secondary N) is 1. The van der Waals surface area contributed by atoms with E-state index in [4.69, 9.17) is 14.9 Å². The molecule has 0 unspecified atom stereocenters. The molecule has 0 fully saturated rings. The SMILES string of the molecule is CCCOCC(=O)N[C@H](C(=O)O)[C@@H](C)O. The summed E-state index contributed by atoms with van der Waals surface area (Å²) in [6, 6.07) is -1.29. The van der Waals surface area contributed by atoms with Crippen LogP contribution in [0.2, 0.25) is 0 Å². The summed E-state index contributed by atoms with van der Waals surface area (Å²) < 4.78 is 4.92. The van der Waals surface area contributed by atoms with Crippen molar-refractivity contribution in [3.63, 3.8) is 0 Å². The van der Waals surface area contributed by atoms with E-state index < -0.39 is 24.0 Å². The zero-order chi connectivity index (χ0) is 11.8. The van der Waals surface area contributed by atoms with Crippen molar-refractivity contribution in [3.05, 3.63) is 0 Å². The number of carboxylic acid groups (broad SMARTS) is 1. The van der Waals surface area contributed by atoms with E-state index in [1.165, 1.54) is 6.92 Å². The Labute approximate surface area is 88.2 Å². The first kappa shape index (κ1) is 13.9. The van der Waals surface area contributed by atoms with Gasteiger partial charge in [0, 0.05) is 6.61 Å². The third-order valence-corrected chi connectivity index (χ3v) is 1.65. The fraction of sp³-hybridized carbons (Fsp3) is 0.778. The maximum Gasteiger partial charge on any atom is 0.328 e. The number of amides is 1. The molecular formula is C9H17NO5. The molecule has 0 aliphatic carbocycles. The van der Waals surface area contributed by atoms with Gasteiger partial charge in [-0.3, -0.25) is 4.79 Å². The molecule has 1 amide bonds. The van der Waals surface area contributed by atoms with Crippen molar-refractivity contribution in [2.24, 2.45) is 0 Å². The van der Waals surface area contributed by atoms with E-state index in [-0.39, 0.29) is 6.61 Å². The van der Waals surface area contributed by atoms with Crippen LogP contribution in [0, 0.1) is 0 Å². The van der Waals surface area contributed by atoms with Crippen molar-refractivity contribution >= 4 is 11.9 Å². The molecule has 0 bridgehead atoms. The maximum atomic E-state index is 11.1. The lowest BCUT2D eigenvalue weighted by Crippen LogP contribution is -2.48.